The molecule has 1 amide bonds. The summed E-state index contributed by atoms with van der Waals surface area (Å²) >= 11 is 0. The summed E-state index contributed by atoms with van der Waals surface area (Å²) in [4.78, 5) is 44.7. The molecule has 12 heteroatoms. The zero-order chi connectivity index (χ0) is 30.2. The Morgan fingerprint density at radius 1 is 1.16 bits per heavy atom. The first-order chi connectivity index (χ1) is 20.9. The second kappa shape index (κ2) is 11.7. The highest BCUT2D eigenvalue weighted by molar-refractivity contribution is 5.90. The van der Waals surface area contributed by atoms with Gasteiger partial charge in [0, 0.05) is 45.2 Å². The molecule has 0 bridgehead atoms. The Labute approximate surface area is 250 Å². The highest BCUT2D eigenvalue weighted by Crippen LogP contribution is 2.31. The summed E-state index contributed by atoms with van der Waals surface area (Å²) in [6.07, 6.45) is 3.61. The van der Waals surface area contributed by atoms with E-state index in [0.29, 0.717) is 61.4 Å². The van der Waals surface area contributed by atoms with Crippen LogP contribution in [-0.2, 0) is 17.6 Å². The molecule has 2 aromatic heterocycles. The number of hydrogen-bond acceptors (Lipinski definition) is 10. The van der Waals surface area contributed by atoms with Gasteiger partial charge in [0.05, 0.1) is 41.9 Å². The second-order valence-corrected chi connectivity index (χ2v) is 11.4. The molecule has 1 N–H and O–H groups in total. The number of carbonyl (C=O) groups excluding carboxylic acids is 1. The fourth-order valence-corrected chi connectivity index (χ4v) is 6.68. The van der Waals surface area contributed by atoms with E-state index in [-0.39, 0.29) is 29.4 Å². The first kappa shape index (κ1) is 28.8. The van der Waals surface area contributed by atoms with Gasteiger partial charge in [0.1, 0.15) is 11.3 Å². The molecule has 0 spiro atoms. The van der Waals surface area contributed by atoms with Gasteiger partial charge in [-0.05, 0) is 42.8 Å². The molecule has 3 aliphatic rings. The molecule has 2 aliphatic heterocycles. The second-order valence-electron chi connectivity index (χ2n) is 11.4. The Balaban J connectivity index is 1.44. The molecule has 2 atom stereocenters. The molecule has 4 heterocycles. The summed E-state index contributed by atoms with van der Waals surface area (Å²) in [5.41, 5.74) is 2.50. The molecule has 12 nitrogen and oxygen atoms in total. The van der Waals surface area contributed by atoms with Crippen molar-refractivity contribution in [1.82, 2.24) is 29.5 Å². The van der Waals surface area contributed by atoms with E-state index in [4.69, 9.17) is 9.97 Å². The molecule has 0 saturated carbocycles. The number of fused-ring (bicyclic) bond motifs is 2. The van der Waals surface area contributed by atoms with Gasteiger partial charge in [-0.1, -0.05) is 32.6 Å². The van der Waals surface area contributed by atoms with Gasteiger partial charge in [-0.15, -0.1) is 0 Å². The first-order valence-electron chi connectivity index (χ1n) is 15.0. The molecule has 1 aromatic carbocycles. The molecule has 0 radical (unpaired) electrons. The molecule has 1 aliphatic carbocycles. The number of nitrogens with zero attached hydrogens (tertiary/aromatic N) is 9. The monoisotopic (exact) mass is 583 g/mol. The van der Waals surface area contributed by atoms with E-state index in [9.17, 15) is 20.0 Å². The largest absolute Gasteiger partial charge is 0.392 e. The van der Waals surface area contributed by atoms with Crippen LogP contribution in [0, 0.1) is 11.3 Å². The summed E-state index contributed by atoms with van der Waals surface area (Å²) < 4.78 is 1.38. The lowest BCUT2D eigenvalue weighted by molar-refractivity contribution is -0.128. The quantitative estimate of drug-likeness (QED) is 0.387. The number of carbonyl (C=O) groups is 1. The zero-order valence-electron chi connectivity index (χ0n) is 24.7. The Morgan fingerprint density at radius 2 is 1.95 bits per heavy atom. The van der Waals surface area contributed by atoms with Crippen molar-refractivity contribution < 1.29 is 9.90 Å². The minimum Gasteiger partial charge on any atom is -0.392 e. The smallest absolute Gasteiger partial charge is 0.298 e. The minimum absolute atomic E-state index is 0.166. The predicted molar refractivity (Wildman–Crippen MR) is 163 cm³/mol. The van der Waals surface area contributed by atoms with Gasteiger partial charge in [-0.3, -0.25) is 14.5 Å². The molecule has 3 aromatic rings. The van der Waals surface area contributed by atoms with Gasteiger partial charge in [0.25, 0.3) is 5.56 Å². The maximum Gasteiger partial charge on any atom is 0.298 e. The molecule has 2 unspecified atom stereocenters. The number of anilines is 2. The maximum atomic E-state index is 14.1. The molecular formula is C31H37N9O3. The highest BCUT2D eigenvalue weighted by atomic mass is 16.3. The van der Waals surface area contributed by atoms with Crippen LogP contribution in [0.15, 0.2) is 41.8 Å². The Morgan fingerprint density at radius 3 is 2.67 bits per heavy atom. The molecule has 224 valence electrons. The minimum atomic E-state index is -0.481. The van der Waals surface area contributed by atoms with Crippen LogP contribution in [0.4, 0.5) is 11.8 Å². The SMILES string of the molecule is C=CC(=O)N1CCN(c2nc(N3CC(N(CC)CC)C3)nc3c(=O)n(-c4cccc5c4CC(O)C5)ncc23)CC1CC#N. The van der Waals surface area contributed by atoms with Gasteiger partial charge in [0.2, 0.25) is 11.9 Å². The third kappa shape index (κ3) is 5.13. The molecule has 2 saturated heterocycles. The standard InChI is InChI=1S/C31H37N9O3/c1-4-27(42)39-13-12-37(17-21(39)10-11-32)29-25-16-33-40(26-9-7-8-20-14-23(41)15-24(20)26)30(43)28(25)34-31(35-29)38-18-22(19-38)36(5-2)6-3/h4,7-9,16,21-23,41H,1,5-6,10,12-15,17-19H2,2-3H3. The van der Waals surface area contributed by atoms with Gasteiger partial charge in [0.15, 0.2) is 0 Å². The van der Waals surface area contributed by atoms with Crippen LogP contribution in [0.3, 0.4) is 0 Å². The summed E-state index contributed by atoms with van der Waals surface area (Å²) in [5.74, 6) is 0.850. The topological polar surface area (TPSA) is 135 Å². The number of amides is 1. The molecule has 43 heavy (non-hydrogen) atoms. The normalized spacial score (nSPS) is 20.3. The highest BCUT2D eigenvalue weighted by Gasteiger charge is 2.35. The molecular weight excluding hydrogens is 546 g/mol. The van der Waals surface area contributed by atoms with E-state index in [1.54, 1.807) is 11.1 Å². The van der Waals surface area contributed by atoms with Crippen molar-refractivity contribution in [1.29, 1.82) is 5.26 Å². The summed E-state index contributed by atoms with van der Waals surface area (Å²) in [7, 11) is 0. The van der Waals surface area contributed by atoms with Crippen molar-refractivity contribution >= 4 is 28.6 Å². The fourth-order valence-electron chi connectivity index (χ4n) is 6.68. The number of nitriles is 1. The van der Waals surface area contributed by atoms with Gasteiger partial charge in [-0.25, -0.2) is 4.98 Å². The average molecular weight is 584 g/mol. The number of benzene rings is 1. The number of rotatable bonds is 8. The molecule has 2 fully saturated rings. The lowest BCUT2D eigenvalue weighted by Gasteiger charge is -2.45. The van der Waals surface area contributed by atoms with Gasteiger partial charge >= 0.3 is 0 Å². The lowest BCUT2D eigenvalue weighted by Crippen LogP contribution is -2.60. The van der Waals surface area contributed by atoms with Crippen molar-refractivity contribution in [2.75, 3.05) is 55.6 Å². The summed E-state index contributed by atoms with van der Waals surface area (Å²) in [5, 5.41) is 24.9. The van der Waals surface area contributed by atoms with Crippen LogP contribution in [0.2, 0.25) is 0 Å². The van der Waals surface area contributed by atoms with E-state index in [0.717, 1.165) is 37.3 Å². The zero-order valence-corrected chi connectivity index (χ0v) is 24.7. The summed E-state index contributed by atoms with van der Waals surface area (Å²) in [6, 6.07) is 7.96. The van der Waals surface area contributed by atoms with Crippen LogP contribution in [0.25, 0.3) is 16.6 Å². The van der Waals surface area contributed by atoms with Crippen LogP contribution < -0.4 is 15.4 Å². The third-order valence-corrected chi connectivity index (χ3v) is 9.02. The van der Waals surface area contributed by atoms with Crippen LogP contribution in [-0.4, -0.2) is 105 Å². The third-order valence-electron chi connectivity index (χ3n) is 9.02. The van der Waals surface area contributed by atoms with Crippen molar-refractivity contribution in [2.24, 2.45) is 0 Å². The number of piperazine rings is 1. The Kier molecular flexibility index (Phi) is 7.85. The maximum absolute atomic E-state index is 14.1. The van der Waals surface area contributed by atoms with Crippen LogP contribution in [0.1, 0.15) is 31.4 Å². The average Bonchev–Trinajstić information content (AvgIpc) is 3.39. The predicted octanol–water partition coefficient (Wildman–Crippen LogP) is 1.28. The van der Waals surface area contributed by atoms with Crippen molar-refractivity contribution in [3.8, 4) is 11.8 Å². The number of likely N-dealkylation sites (N-methyl/N-ethyl adjacent to an activating group) is 1. The Hall–Kier alpha value is -4.34. The number of hydrogen-bond donors (Lipinski definition) is 1. The summed E-state index contributed by atoms with van der Waals surface area (Å²) in [6.45, 7) is 12.6. The first-order valence-corrected chi connectivity index (χ1v) is 15.0. The van der Waals surface area contributed by atoms with E-state index in [2.05, 4.69) is 41.4 Å². The number of aromatic nitrogens is 4. The Bertz CT molecular complexity index is 1650. The van der Waals surface area contributed by atoms with Crippen molar-refractivity contribution in [3.63, 3.8) is 0 Å². The van der Waals surface area contributed by atoms with Crippen LogP contribution >= 0.6 is 0 Å². The van der Waals surface area contributed by atoms with E-state index < -0.39 is 6.10 Å². The fraction of sp³-hybridized carbons (Fsp3) is 0.484. The van der Waals surface area contributed by atoms with Gasteiger partial charge < -0.3 is 19.8 Å². The number of aliphatic hydroxyl groups excluding tert-OH is 1. The van der Waals surface area contributed by atoms with Crippen molar-refractivity contribution in [3.05, 3.63) is 58.5 Å². The lowest BCUT2D eigenvalue weighted by atomic mass is 10.1. The van der Waals surface area contributed by atoms with E-state index in [1.165, 1.54) is 10.8 Å². The van der Waals surface area contributed by atoms with E-state index in [1.807, 2.05) is 23.1 Å². The van der Waals surface area contributed by atoms with Crippen LogP contribution in [0.5, 0.6) is 0 Å². The number of aliphatic hydroxyl groups is 1. The van der Waals surface area contributed by atoms with Gasteiger partial charge in [-0.2, -0.15) is 20.0 Å². The van der Waals surface area contributed by atoms with E-state index >= 15 is 0 Å². The molecule has 6 rings (SSSR count). The van der Waals surface area contributed by atoms with Crippen molar-refractivity contribution in [2.45, 2.75) is 51.3 Å².